The van der Waals surface area contributed by atoms with Gasteiger partial charge in [0.15, 0.2) is 0 Å². The third-order valence-corrected chi connectivity index (χ3v) is 2.55. The Labute approximate surface area is 109 Å². The lowest BCUT2D eigenvalue weighted by atomic mass is 10.0. The van der Waals surface area contributed by atoms with E-state index < -0.39 is 30.8 Å². The normalized spacial score (nSPS) is 13.2. The van der Waals surface area contributed by atoms with Crippen molar-refractivity contribution < 1.29 is 27.9 Å². The van der Waals surface area contributed by atoms with Crippen molar-refractivity contribution in [3.05, 3.63) is 0 Å². The molecule has 1 unspecified atom stereocenters. The highest BCUT2D eigenvalue weighted by atomic mass is 19.4. The second-order valence-corrected chi connectivity index (χ2v) is 4.53. The zero-order valence-corrected chi connectivity index (χ0v) is 11.1. The number of amides is 2. The number of carboxylic acid groups (broad SMARTS) is 1. The summed E-state index contributed by atoms with van der Waals surface area (Å²) < 4.78 is 36.7. The van der Waals surface area contributed by atoms with E-state index in [9.17, 15) is 22.8 Å². The summed E-state index contributed by atoms with van der Waals surface area (Å²) in [4.78, 5) is 22.9. The molecule has 5 nitrogen and oxygen atoms in total. The summed E-state index contributed by atoms with van der Waals surface area (Å²) in [5, 5.41) is 11.0. The number of urea groups is 1. The summed E-state index contributed by atoms with van der Waals surface area (Å²) in [5.41, 5.74) is 0. The highest BCUT2D eigenvalue weighted by Gasteiger charge is 2.33. The van der Waals surface area contributed by atoms with E-state index in [0.717, 1.165) is 0 Å². The van der Waals surface area contributed by atoms with Gasteiger partial charge in [0.25, 0.3) is 0 Å². The number of carbonyl (C=O) groups is 2. The summed E-state index contributed by atoms with van der Waals surface area (Å²) in [5.74, 6) is -1.30. The standard InChI is InChI=1S/C11H19F3N2O3/c1-4-16(6-11(12,13)14)10(19)15-8(7(2)3)5-9(17)18/h7-8H,4-6H2,1-3H3,(H,15,19)(H,17,18). The van der Waals surface area contributed by atoms with Gasteiger partial charge in [0.1, 0.15) is 6.54 Å². The molecule has 112 valence electrons. The molecule has 0 aromatic carbocycles. The Morgan fingerprint density at radius 3 is 2.16 bits per heavy atom. The predicted molar refractivity (Wildman–Crippen MR) is 62.7 cm³/mol. The molecular weight excluding hydrogens is 265 g/mol. The third kappa shape index (κ3) is 7.53. The van der Waals surface area contributed by atoms with Crippen LogP contribution in [0, 0.1) is 5.92 Å². The van der Waals surface area contributed by atoms with Crippen LogP contribution in [-0.4, -0.2) is 47.3 Å². The van der Waals surface area contributed by atoms with Gasteiger partial charge in [-0.15, -0.1) is 0 Å². The number of carbonyl (C=O) groups excluding carboxylic acids is 1. The van der Waals surface area contributed by atoms with E-state index in [0.29, 0.717) is 4.90 Å². The molecule has 0 spiro atoms. The van der Waals surface area contributed by atoms with Gasteiger partial charge in [-0.05, 0) is 12.8 Å². The van der Waals surface area contributed by atoms with Crippen LogP contribution in [0.15, 0.2) is 0 Å². The first-order valence-electron chi connectivity index (χ1n) is 5.90. The van der Waals surface area contributed by atoms with E-state index in [4.69, 9.17) is 5.11 Å². The number of hydrogen-bond donors (Lipinski definition) is 2. The molecule has 0 aromatic heterocycles. The Bertz CT molecular complexity index is 319. The number of nitrogens with one attached hydrogen (secondary N) is 1. The molecule has 0 saturated heterocycles. The minimum Gasteiger partial charge on any atom is -0.481 e. The van der Waals surface area contributed by atoms with Crippen LogP contribution in [0.5, 0.6) is 0 Å². The maximum Gasteiger partial charge on any atom is 0.406 e. The Morgan fingerprint density at radius 1 is 1.32 bits per heavy atom. The van der Waals surface area contributed by atoms with Crippen LogP contribution in [0.4, 0.5) is 18.0 Å². The average Bonchev–Trinajstić information content (AvgIpc) is 2.22. The molecule has 0 rings (SSSR count). The van der Waals surface area contributed by atoms with Crippen LogP contribution in [0.2, 0.25) is 0 Å². The number of alkyl halides is 3. The Hall–Kier alpha value is -1.47. The van der Waals surface area contributed by atoms with Gasteiger partial charge in [-0.25, -0.2) is 4.79 Å². The number of aliphatic carboxylic acids is 1. The van der Waals surface area contributed by atoms with Gasteiger partial charge in [0, 0.05) is 12.6 Å². The van der Waals surface area contributed by atoms with Gasteiger partial charge in [-0.1, -0.05) is 13.8 Å². The lowest BCUT2D eigenvalue weighted by Gasteiger charge is -2.27. The molecule has 0 aliphatic rings. The maximum absolute atomic E-state index is 12.2. The minimum absolute atomic E-state index is 0.108. The summed E-state index contributed by atoms with van der Waals surface area (Å²) in [7, 11) is 0. The molecule has 0 fully saturated rings. The smallest absolute Gasteiger partial charge is 0.406 e. The largest absolute Gasteiger partial charge is 0.481 e. The van der Waals surface area contributed by atoms with Crippen molar-refractivity contribution in [1.29, 1.82) is 0 Å². The van der Waals surface area contributed by atoms with E-state index in [1.165, 1.54) is 6.92 Å². The molecule has 0 saturated carbocycles. The molecule has 0 aliphatic carbocycles. The van der Waals surface area contributed by atoms with E-state index in [1.54, 1.807) is 13.8 Å². The van der Waals surface area contributed by atoms with E-state index in [2.05, 4.69) is 5.32 Å². The number of carboxylic acids is 1. The highest BCUT2D eigenvalue weighted by molar-refractivity contribution is 5.76. The first-order chi connectivity index (χ1) is 8.56. The van der Waals surface area contributed by atoms with Crippen molar-refractivity contribution >= 4 is 12.0 Å². The van der Waals surface area contributed by atoms with Crippen molar-refractivity contribution in [1.82, 2.24) is 10.2 Å². The second kappa shape index (κ2) is 7.20. The summed E-state index contributed by atoms with van der Waals surface area (Å²) in [6, 6.07) is -1.60. The second-order valence-electron chi connectivity index (χ2n) is 4.53. The van der Waals surface area contributed by atoms with Crippen molar-refractivity contribution in [3.63, 3.8) is 0 Å². The molecular formula is C11H19F3N2O3. The van der Waals surface area contributed by atoms with Crippen LogP contribution >= 0.6 is 0 Å². The van der Waals surface area contributed by atoms with Crippen LogP contribution in [0.25, 0.3) is 0 Å². The van der Waals surface area contributed by atoms with Crippen LogP contribution in [-0.2, 0) is 4.79 Å². The number of hydrogen-bond acceptors (Lipinski definition) is 2. The van der Waals surface area contributed by atoms with Crippen molar-refractivity contribution in [3.8, 4) is 0 Å². The predicted octanol–water partition coefficient (Wildman–Crippen LogP) is 2.08. The fraction of sp³-hybridized carbons (Fsp3) is 0.818. The van der Waals surface area contributed by atoms with Gasteiger partial charge >= 0.3 is 18.2 Å². The molecule has 19 heavy (non-hydrogen) atoms. The molecule has 8 heteroatoms. The highest BCUT2D eigenvalue weighted by Crippen LogP contribution is 2.16. The molecule has 2 N–H and O–H groups in total. The third-order valence-electron chi connectivity index (χ3n) is 2.55. The fourth-order valence-corrected chi connectivity index (χ4v) is 1.44. The molecule has 0 bridgehead atoms. The SMILES string of the molecule is CCN(CC(F)(F)F)C(=O)NC(CC(=O)O)C(C)C. The Balaban J connectivity index is 4.64. The molecule has 2 amide bonds. The zero-order chi connectivity index (χ0) is 15.2. The number of nitrogens with zero attached hydrogens (tertiary/aromatic N) is 1. The monoisotopic (exact) mass is 284 g/mol. The lowest BCUT2D eigenvalue weighted by Crippen LogP contribution is -2.49. The number of halogens is 3. The van der Waals surface area contributed by atoms with E-state index >= 15 is 0 Å². The molecule has 0 heterocycles. The van der Waals surface area contributed by atoms with Gasteiger partial charge in [0.2, 0.25) is 0 Å². The Morgan fingerprint density at radius 2 is 1.84 bits per heavy atom. The summed E-state index contributed by atoms with van der Waals surface area (Å²) in [6.45, 7) is 3.34. The first-order valence-corrected chi connectivity index (χ1v) is 5.90. The zero-order valence-electron chi connectivity index (χ0n) is 11.1. The molecule has 0 aliphatic heterocycles. The van der Waals surface area contributed by atoms with E-state index in [-0.39, 0.29) is 18.9 Å². The molecule has 0 radical (unpaired) electrons. The molecule has 0 aromatic rings. The molecule has 1 atom stereocenters. The van der Waals surface area contributed by atoms with Gasteiger partial charge in [-0.3, -0.25) is 4.79 Å². The van der Waals surface area contributed by atoms with Crippen LogP contribution < -0.4 is 5.32 Å². The summed E-state index contributed by atoms with van der Waals surface area (Å²) in [6.07, 6.45) is -4.81. The van der Waals surface area contributed by atoms with Crippen molar-refractivity contribution in [2.75, 3.05) is 13.1 Å². The van der Waals surface area contributed by atoms with Crippen LogP contribution in [0.3, 0.4) is 0 Å². The Kier molecular flexibility index (Phi) is 6.64. The maximum atomic E-state index is 12.2. The van der Waals surface area contributed by atoms with Gasteiger partial charge < -0.3 is 15.3 Å². The average molecular weight is 284 g/mol. The summed E-state index contributed by atoms with van der Waals surface area (Å²) >= 11 is 0. The lowest BCUT2D eigenvalue weighted by molar-refractivity contribution is -0.140. The van der Waals surface area contributed by atoms with Crippen molar-refractivity contribution in [2.45, 2.75) is 39.4 Å². The number of rotatable bonds is 6. The fourth-order valence-electron chi connectivity index (χ4n) is 1.44. The van der Waals surface area contributed by atoms with Crippen molar-refractivity contribution in [2.24, 2.45) is 5.92 Å². The minimum atomic E-state index is -4.48. The van der Waals surface area contributed by atoms with E-state index in [1.807, 2.05) is 0 Å². The quantitative estimate of drug-likeness (QED) is 0.784. The van der Waals surface area contributed by atoms with Crippen LogP contribution in [0.1, 0.15) is 27.2 Å². The van der Waals surface area contributed by atoms with Gasteiger partial charge in [0.05, 0.1) is 6.42 Å². The first kappa shape index (κ1) is 17.5. The topological polar surface area (TPSA) is 69.6 Å². The van der Waals surface area contributed by atoms with Gasteiger partial charge in [-0.2, -0.15) is 13.2 Å².